The molecule has 116 valence electrons. The lowest BCUT2D eigenvalue weighted by Crippen LogP contribution is -2.23. The van der Waals surface area contributed by atoms with Gasteiger partial charge in [-0.1, -0.05) is 47.8 Å². The van der Waals surface area contributed by atoms with Crippen molar-refractivity contribution in [2.24, 2.45) is 0 Å². The van der Waals surface area contributed by atoms with E-state index in [1.165, 1.54) is 0 Å². The molecule has 0 aliphatic rings. The van der Waals surface area contributed by atoms with Crippen LogP contribution < -0.4 is 0 Å². The Morgan fingerprint density at radius 1 is 1.11 bits per heavy atom. The third kappa shape index (κ3) is 11.7. The Balaban J connectivity index is 4.58. The fraction of sp³-hybridized carbons (Fsp3) is 1.00. The van der Waals surface area contributed by atoms with Crippen LogP contribution in [0.1, 0.15) is 32.1 Å². The summed E-state index contributed by atoms with van der Waals surface area (Å²) >= 11 is 27.4. The summed E-state index contributed by atoms with van der Waals surface area (Å²) in [4.78, 5) is 18.7. The first-order chi connectivity index (χ1) is 8.44. The van der Waals surface area contributed by atoms with Gasteiger partial charge in [-0.2, -0.15) is 0 Å². The molecule has 0 bridgehead atoms. The van der Waals surface area contributed by atoms with E-state index in [-0.39, 0.29) is 15.0 Å². The van der Waals surface area contributed by atoms with Crippen molar-refractivity contribution >= 4 is 90.2 Å². The summed E-state index contributed by atoms with van der Waals surface area (Å²) in [6.07, 6.45) is 1.96. The molecule has 0 rings (SSSR count). The Kier molecular flexibility index (Phi) is 10.8. The minimum Gasteiger partial charge on any atom is -0.324 e. The quantitative estimate of drug-likeness (QED) is 0.286. The molecule has 0 aromatic heterocycles. The molecule has 0 aromatic carbocycles. The van der Waals surface area contributed by atoms with E-state index >= 15 is 0 Å². The third-order valence-electron chi connectivity index (χ3n) is 2.46. The van der Waals surface area contributed by atoms with Gasteiger partial charge in [0.15, 0.2) is 0 Å². The van der Waals surface area contributed by atoms with Crippen LogP contribution >= 0.6 is 90.2 Å². The molecule has 4 unspecified atom stereocenters. The fourth-order valence-electron chi connectivity index (χ4n) is 1.47. The number of halogens is 6. The Morgan fingerprint density at radius 3 is 1.95 bits per heavy atom. The van der Waals surface area contributed by atoms with Gasteiger partial charge in [-0.05, 0) is 32.1 Å². The minimum atomic E-state index is -4.21. The van der Waals surface area contributed by atoms with E-state index in [9.17, 15) is 14.4 Å². The predicted octanol–water partition coefficient (Wildman–Crippen LogP) is 5.73. The van der Waals surface area contributed by atoms with Crippen molar-refractivity contribution in [2.45, 2.75) is 50.1 Å². The van der Waals surface area contributed by atoms with Gasteiger partial charge in [0, 0.05) is 0 Å². The van der Waals surface area contributed by atoms with Crippen LogP contribution in [-0.4, -0.2) is 27.8 Å². The molecular formula is C9H15Br3Cl3O3P. The second-order valence-electron chi connectivity index (χ2n) is 4.20. The van der Waals surface area contributed by atoms with E-state index in [2.05, 4.69) is 47.8 Å². The molecule has 0 fully saturated rings. The maximum atomic E-state index is 11.5. The number of hydrogen-bond donors (Lipinski definition) is 2. The minimum absolute atomic E-state index is 0.145. The summed E-state index contributed by atoms with van der Waals surface area (Å²) in [5.74, 6) is 0. The summed E-state index contributed by atoms with van der Waals surface area (Å²) in [5.41, 5.74) is -0.827. The van der Waals surface area contributed by atoms with Crippen molar-refractivity contribution in [3.63, 3.8) is 0 Å². The van der Waals surface area contributed by atoms with Gasteiger partial charge in [0.2, 0.25) is 0 Å². The zero-order valence-electron chi connectivity index (χ0n) is 9.79. The van der Waals surface area contributed by atoms with Gasteiger partial charge < -0.3 is 9.79 Å². The molecule has 19 heavy (non-hydrogen) atoms. The van der Waals surface area contributed by atoms with Crippen LogP contribution in [0.15, 0.2) is 0 Å². The Hall–Kier alpha value is 2.46. The van der Waals surface area contributed by atoms with Gasteiger partial charge in [0.05, 0.1) is 14.2 Å². The second kappa shape index (κ2) is 9.57. The van der Waals surface area contributed by atoms with E-state index in [1.54, 1.807) is 0 Å². The molecule has 0 radical (unpaired) electrons. The molecule has 0 amide bonds. The molecule has 0 saturated heterocycles. The van der Waals surface area contributed by atoms with Gasteiger partial charge in [-0.3, -0.25) is 4.57 Å². The SMILES string of the molecule is O=P(O)(O)C(CCC(Cl)Br)CC(Cl)(Br)CCC(Cl)Br. The highest BCUT2D eigenvalue weighted by atomic mass is 79.9. The Labute approximate surface area is 153 Å². The average Bonchev–Trinajstić information content (AvgIpc) is 2.19. The summed E-state index contributed by atoms with van der Waals surface area (Å²) in [6, 6.07) is 0. The van der Waals surface area contributed by atoms with E-state index in [4.69, 9.17) is 34.8 Å². The third-order valence-corrected chi connectivity index (χ3v) is 6.26. The van der Waals surface area contributed by atoms with Gasteiger partial charge in [-0.15, -0.1) is 34.8 Å². The summed E-state index contributed by atoms with van der Waals surface area (Å²) < 4.78 is 10.1. The zero-order chi connectivity index (χ0) is 15.3. The number of rotatable bonds is 9. The Morgan fingerprint density at radius 2 is 1.58 bits per heavy atom. The van der Waals surface area contributed by atoms with Crippen LogP contribution in [0.25, 0.3) is 0 Å². The average molecular weight is 548 g/mol. The lowest BCUT2D eigenvalue weighted by molar-refractivity contribution is 0.347. The monoisotopic (exact) mass is 544 g/mol. The van der Waals surface area contributed by atoms with Crippen molar-refractivity contribution < 1.29 is 14.4 Å². The molecule has 2 N–H and O–H groups in total. The van der Waals surface area contributed by atoms with Gasteiger partial charge in [0.1, 0.15) is 3.78 Å². The van der Waals surface area contributed by atoms with Crippen LogP contribution in [0.3, 0.4) is 0 Å². The summed E-state index contributed by atoms with van der Waals surface area (Å²) in [7, 11) is -4.21. The summed E-state index contributed by atoms with van der Waals surface area (Å²) in [6.45, 7) is 0. The highest BCUT2D eigenvalue weighted by Crippen LogP contribution is 2.51. The van der Waals surface area contributed by atoms with Crippen molar-refractivity contribution in [1.29, 1.82) is 0 Å². The molecule has 0 heterocycles. The van der Waals surface area contributed by atoms with Gasteiger partial charge in [-0.25, -0.2) is 0 Å². The molecule has 3 nitrogen and oxygen atoms in total. The molecule has 0 spiro atoms. The molecule has 0 saturated carbocycles. The lowest BCUT2D eigenvalue weighted by Gasteiger charge is -2.27. The van der Waals surface area contributed by atoms with Crippen LogP contribution in [0.2, 0.25) is 0 Å². The predicted molar refractivity (Wildman–Crippen MR) is 93.6 cm³/mol. The molecular weight excluding hydrogens is 533 g/mol. The van der Waals surface area contributed by atoms with E-state index in [0.29, 0.717) is 25.7 Å². The normalized spacial score (nSPS) is 20.6. The van der Waals surface area contributed by atoms with Crippen molar-refractivity contribution in [2.75, 3.05) is 0 Å². The maximum absolute atomic E-state index is 11.5. The first-order valence-electron chi connectivity index (χ1n) is 5.43. The maximum Gasteiger partial charge on any atom is 0.328 e. The molecule has 4 atom stereocenters. The largest absolute Gasteiger partial charge is 0.328 e. The van der Waals surface area contributed by atoms with Crippen LogP contribution in [-0.2, 0) is 4.57 Å². The molecule has 0 aliphatic carbocycles. The Bertz CT molecular complexity index is 312. The van der Waals surface area contributed by atoms with Crippen molar-refractivity contribution in [3.8, 4) is 0 Å². The summed E-state index contributed by atoms with van der Waals surface area (Å²) in [5, 5.41) is 0. The van der Waals surface area contributed by atoms with E-state index < -0.39 is 17.0 Å². The molecule has 10 heteroatoms. The standard InChI is InChI=1S/C9H15Br3Cl3O3P/c10-7(13)2-1-6(19(16,17)18)5-9(12,15)4-3-8(11)14/h6-8H,1-5H2,(H2,16,17,18). The van der Waals surface area contributed by atoms with Gasteiger partial charge in [0.25, 0.3) is 0 Å². The van der Waals surface area contributed by atoms with Crippen LogP contribution in [0, 0.1) is 0 Å². The number of alkyl halides is 6. The molecule has 0 aromatic rings. The zero-order valence-corrected chi connectivity index (χ0v) is 17.7. The number of hydrogen-bond acceptors (Lipinski definition) is 1. The topological polar surface area (TPSA) is 57.5 Å². The van der Waals surface area contributed by atoms with Crippen molar-refractivity contribution in [3.05, 3.63) is 0 Å². The molecule has 0 aliphatic heterocycles. The van der Waals surface area contributed by atoms with Crippen LogP contribution in [0.4, 0.5) is 0 Å². The van der Waals surface area contributed by atoms with E-state index in [0.717, 1.165) is 0 Å². The van der Waals surface area contributed by atoms with E-state index in [1.807, 2.05) is 0 Å². The van der Waals surface area contributed by atoms with Crippen LogP contribution in [0.5, 0.6) is 0 Å². The first kappa shape index (κ1) is 21.5. The lowest BCUT2D eigenvalue weighted by atomic mass is 10.1. The van der Waals surface area contributed by atoms with Crippen molar-refractivity contribution in [1.82, 2.24) is 0 Å². The highest BCUT2D eigenvalue weighted by Gasteiger charge is 2.36. The first-order valence-corrected chi connectivity index (χ1v) is 11.0. The smallest absolute Gasteiger partial charge is 0.324 e. The highest BCUT2D eigenvalue weighted by molar-refractivity contribution is 9.10. The van der Waals surface area contributed by atoms with Gasteiger partial charge >= 0.3 is 7.60 Å². The second-order valence-corrected chi connectivity index (χ2v) is 13.1. The fourth-order valence-corrected chi connectivity index (χ4v) is 4.51.